The fourth-order valence-corrected chi connectivity index (χ4v) is 2.81. The zero-order valence-electron chi connectivity index (χ0n) is 11.8. The smallest absolute Gasteiger partial charge is 0.114 e. The summed E-state index contributed by atoms with van der Waals surface area (Å²) in [6.07, 6.45) is -2.51. The van der Waals surface area contributed by atoms with Crippen molar-refractivity contribution in [2.24, 2.45) is 0 Å². The maximum absolute atomic E-state index is 10.7. The monoisotopic (exact) mass is 312 g/mol. The van der Waals surface area contributed by atoms with Gasteiger partial charge in [0.2, 0.25) is 0 Å². The van der Waals surface area contributed by atoms with Crippen molar-refractivity contribution in [3.05, 3.63) is 0 Å². The van der Waals surface area contributed by atoms with Gasteiger partial charge in [0, 0.05) is 20.3 Å². The molecule has 20 heavy (non-hydrogen) atoms. The molecule has 8 nitrogen and oxygen atoms in total. The van der Waals surface area contributed by atoms with Crippen LogP contribution in [0.2, 0.25) is 0 Å². The molecule has 0 saturated carbocycles. The van der Waals surface area contributed by atoms with E-state index in [1.165, 1.54) is 14.0 Å². The Morgan fingerprint density at radius 3 is 2.55 bits per heavy atom. The molecule has 1 saturated heterocycles. The number of phosphoric ester groups is 1. The average molecular weight is 312 g/mol. The standard InChI is InChI=1S/C11H23O8P/c1-7-9(17-6-4-5-12)11(16-3)10(18-7)8(2)19-20(13,14)15/h7-12H,4-6H2,1-3H3,(H2,13,14,15)/p-2/t7-,8-,9-,10+,11-/m0/s1. The van der Waals surface area contributed by atoms with E-state index in [4.69, 9.17) is 19.3 Å². The normalized spacial score (nSPS) is 32.5. The summed E-state index contributed by atoms with van der Waals surface area (Å²) in [6.45, 7) is 3.54. The van der Waals surface area contributed by atoms with Crippen LogP contribution in [0.4, 0.5) is 0 Å². The van der Waals surface area contributed by atoms with Crippen molar-refractivity contribution in [3.63, 3.8) is 0 Å². The lowest BCUT2D eigenvalue weighted by Crippen LogP contribution is -2.42. The molecule has 0 radical (unpaired) electrons. The first-order chi connectivity index (χ1) is 9.30. The summed E-state index contributed by atoms with van der Waals surface area (Å²) in [6, 6.07) is 0. The van der Waals surface area contributed by atoms with Crippen molar-refractivity contribution in [1.82, 2.24) is 0 Å². The van der Waals surface area contributed by atoms with Gasteiger partial charge >= 0.3 is 0 Å². The van der Waals surface area contributed by atoms with Crippen molar-refractivity contribution < 1.29 is 38.2 Å². The number of rotatable bonds is 8. The molecule has 9 heteroatoms. The minimum absolute atomic E-state index is 0.0120. The summed E-state index contributed by atoms with van der Waals surface area (Å²) in [5.74, 6) is 0. The highest BCUT2D eigenvalue weighted by molar-refractivity contribution is 7.43. The first kappa shape index (κ1) is 18.0. The lowest BCUT2D eigenvalue weighted by atomic mass is 10.0. The number of aliphatic hydroxyl groups excluding tert-OH is 1. The second-order valence-corrected chi connectivity index (χ2v) is 5.78. The third-order valence-electron chi connectivity index (χ3n) is 3.12. The first-order valence-electron chi connectivity index (χ1n) is 6.41. The second kappa shape index (κ2) is 7.82. The Labute approximate surface area is 118 Å². The molecule has 0 spiro atoms. The molecule has 120 valence electrons. The molecule has 0 aromatic carbocycles. The van der Waals surface area contributed by atoms with Gasteiger partial charge in [-0.3, -0.25) is 0 Å². The molecule has 1 N–H and O–H groups in total. The molecule has 0 aromatic heterocycles. The van der Waals surface area contributed by atoms with Gasteiger partial charge in [-0.2, -0.15) is 0 Å². The van der Waals surface area contributed by atoms with Gasteiger partial charge in [-0.05, 0) is 20.3 Å². The predicted molar refractivity (Wildman–Crippen MR) is 64.7 cm³/mol. The van der Waals surface area contributed by atoms with E-state index in [2.05, 4.69) is 4.52 Å². The second-order valence-electron chi connectivity index (χ2n) is 4.68. The van der Waals surface area contributed by atoms with Gasteiger partial charge in [0.25, 0.3) is 0 Å². The fourth-order valence-electron chi connectivity index (χ4n) is 2.28. The Balaban J connectivity index is 2.66. The summed E-state index contributed by atoms with van der Waals surface area (Å²) in [5.41, 5.74) is 0. The molecule has 5 atom stereocenters. The molecule has 1 fully saturated rings. The fraction of sp³-hybridized carbons (Fsp3) is 1.00. The highest BCUT2D eigenvalue weighted by atomic mass is 31.2. The molecule has 0 aliphatic carbocycles. The summed E-state index contributed by atoms with van der Waals surface area (Å²) in [5, 5.41) is 8.73. The number of hydrogen-bond donors (Lipinski definition) is 1. The molecular weight excluding hydrogens is 291 g/mol. The molecule has 1 rings (SSSR count). The quantitative estimate of drug-likeness (QED) is 0.438. The van der Waals surface area contributed by atoms with Crippen molar-refractivity contribution in [2.75, 3.05) is 20.3 Å². The van der Waals surface area contributed by atoms with Crippen LogP contribution in [0, 0.1) is 0 Å². The summed E-state index contributed by atoms with van der Waals surface area (Å²) < 4.78 is 31.5. The van der Waals surface area contributed by atoms with E-state index < -0.39 is 32.2 Å². The minimum atomic E-state index is -5.09. The van der Waals surface area contributed by atoms with E-state index in [9.17, 15) is 14.4 Å². The largest absolute Gasteiger partial charge is 0.790 e. The average Bonchev–Trinajstić information content (AvgIpc) is 2.64. The van der Waals surface area contributed by atoms with Gasteiger partial charge < -0.3 is 38.2 Å². The number of hydrogen-bond acceptors (Lipinski definition) is 8. The molecular formula is C11H21O8P-2. The Kier molecular flexibility index (Phi) is 7.03. The number of aliphatic hydroxyl groups is 1. The Morgan fingerprint density at radius 2 is 2.05 bits per heavy atom. The lowest BCUT2D eigenvalue weighted by Gasteiger charge is -2.35. The van der Waals surface area contributed by atoms with Crippen molar-refractivity contribution >= 4 is 7.82 Å². The summed E-state index contributed by atoms with van der Waals surface area (Å²) >= 11 is 0. The molecule has 0 unspecified atom stereocenters. The van der Waals surface area contributed by atoms with Crippen LogP contribution in [0.1, 0.15) is 20.3 Å². The van der Waals surface area contributed by atoms with Crippen LogP contribution in [0.5, 0.6) is 0 Å². The first-order valence-corrected chi connectivity index (χ1v) is 7.87. The molecule has 1 aliphatic heterocycles. The lowest BCUT2D eigenvalue weighted by molar-refractivity contribution is -0.346. The van der Waals surface area contributed by atoms with E-state index in [-0.39, 0.29) is 12.7 Å². The SMILES string of the molecule is CO[C@H]1[C@@H](OCCCO)[C@H](C)O[C@@H]1[C@H](C)OP(=O)([O-])[O-]. The van der Waals surface area contributed by atoms with Crippen molar-refractivity contribution in [1.29, 1.82) is 0 Å². The minimum Gasteiger partial charge on any atom is -0.790 e. The van der Waals surface area contributed by atoms with Crippen LogP contribution in [0.15, 0.2) is 0 Å². The van der Waals surface area contributed by atoms with Crippen LogP contribution in [-0.2, 0) is 23.3 Å². The Hall–Kier alpha value is -0.0500. The van der Waals surface area contributed by atoms with E-state index in [0.29, 0.717) is 13.0 Å². The van der Waals surface area contributed by atoms with Gasteiger partial charge in [-0.25, -0.2) is 0 Å². The predicted octanol–water partition coefficient (Wildman–Crippen LogP) is -1.21. The Bertz CT molecular complexity index is 332. The van der Waals surface area contributed by atoms with Crippen LogP contribution in [0.3, 0.4) is 0 Å². The van der Waals surface area contributed by atoms with E-state index in [1.54, 1.807) is 6.92 Å². The number of ether oxygens (including phenoxy) is 3. The molecule has 0 amide bonds. The third-order valence-corrected chi connectivity index (χ3v) is 3.72. The van der Waals surface area contributed by atoms with Crippen LogP contribution >= 0.6 is 7.82 Å². The third kappa shape index (κ3) is 5.05. The van der Waals surface area contributed by atoms with Gasteiger partial charge in [-0.15, -0.1) is 0 Å². The summed E-state index contributed by atoms with van der Waals surface area (Å²) in [7, 11) is -3.64. The van der Waals surface area contributed by atoms with Gasteiger partial charge in [-0.1, -0.05) is 0 Å². The Morgan fingerprint density at radius 1 is 1.40 bits per heavy atom. The van der Waals surface area contributed by atoms with Crippen molar-refractivity contribution in [2.45, 2.75) is 50.8 Å². The zero-order valence-corrected chi connectivity index (χ0v) is 12.7. The van der Waals surface area contributed by atoms with Gasteiger partial charge in [0.15, 0.2) is 0 Å². The number of phosphoric acid groups is 1. The van der Waals surface area contributed by atoms with E-state index >= 15 is 0 Å². The topological polar surface area (TPSA) is 120 Å². The maximum Gasteiger partial charge on any atom is 0.114 e. The molecule has 0 aromatic rings. The van der Waals surface area contributed by atoms with E-state index in [0.717, 1.165) is 0 Å². The summed E-state index contributed by atoms with van der Waals surface area (Å²) in [4.78, 5) is 21.3. The van der Waals surface area contributed by atoms with Crippen LogP contribution in [-0.4, -0.2) is 55.9 Å². The molecule has 1 heterocycles. The molecule has 0 bridgehead atoms. The van der Waals surface area contributed by atoms with Crippen molar-refractivity contribution in [3.8, 4) is 0 Å². The van der Waals surface area contributed by atoms with Gasteiger partial charge in [0.05, 0.1) is 20.0 Å². The van der Waals surface area contributed by atoms with Crippen LogP contribution < -0.4 is 9.79 Å². The molecule has 1 aliphatic rings. The highest BCUT2D eigenvalue weighted by Gasteiger charge is 2.46. The highest BCUT2D eigenvalue weighted by Crippen LogP contribution is 2.35. The maximum atomic E-state index is 10.7. The van der Waals surface area contributed by atoms with Crippen LogP contribution in [0.25, 0.3) is 0 Å². The van der Waals surface area contributed by atoms with Gasteiger partial charge in [0.1, 0.15) is 18.3 Å². The number of methoxy groups -OCH3 is 1. The van der Waals surface area contributed by atoms with E-state index in [1.807, 2.05) is 0 Å². The zero-order chi connectivity index (χ0) is 15.3.